The third kappa shape index (κ3) is 6.18. The van der Waals surface area contributed by atoms with Crippen molar-refractivity contribution < 1.29 is 19.1 Å². The van der Waals surface area contributed by atoms with Gasteiger partial charge in [-0.15, -0.1) is 0 Å². The van der Waals surface area contributed by atoms with E-state index in [1.807, 2.05) is 38.1 Å². The monoisotopic (exact) mass is 342 g/mol. The first-order chi connectivity index (χ1) is 12.1. The fourth-order valence-electron chi connectivity index (χ4n) is 2.09. The summed E-state index contributed by atoms with van der Waals surface area (Å²) < 4.78 is 10.9. The molecule has 2 N–H and O–H groups in total. The topological polar surface area (TPSA) is 76.7 Å². The van der Waals surface area contributed by atoms with Gasteiger partial charge in [0.2, 0.25) is 0 Å². The Bertz CT molecular complexity index is 714. The first-order valence-electron chi connectivity index (χ1n) is 8.06. The molecule has 0 atom stereocenters. The van der Waals surface area contributed by atoms with Crippen molar-refractivity contribution >= 4 is 17.5 Å². The first-order valence-corrected chi connectivity index (χ1v) is 8.06. The van der Waals surface area contributed by atoms with Gasteiger partial charge in [0, 0.05) is 12.2 Å². The molecule has 0 aliphatic carbocycles. The van der Waals surface area contributed by atoms with E-state index in [1.165, 1.54) is 0 Å². The van der Waals surface area contributed by atoms with Crippen molar-refractivity contribution in [3.8, 4) is 11.5 Å². The molecule has 0 aliphatic rings. The molecule has 0 saturated heterocycles. The van der Waals surface area contributed by atoms with Gasteiger partial charge >= 0.3 is 0 Å². The van der Waals surface area contributed by atoms with Gasteiger partial charge in [-0.2, -0.15) is 0 Å². The number of nitrogens with one attached hydrogen (secondary N) is 2. The summed E-state index contributed by atoms with van der Waals surface area (Å²) in [5, 5.41) is 5.40. The van der Waals surface area contributed by atoms with Gasteiger partial charge in [0.05, 0.1) is 0 Å². The molecule has 2 amide bonds. The molecule has 0 aromatic heterocycles. The van der Waals surface area contributed by atoms with E-state index in [9.17, 15) is 9.59 Å². The highest BCUT2D eigenvalue weighted by Crippen LogP contribution is 2.17. The Morgan fingerprint density at radius 3 is 2.28 bits per heavy atom. The molecular formula is C19H22N2O4. The van der Waals surface area contributed by atoms with Crippen LogP contribution in [0.4, 0.5) is 5.69 Å². The van der Waals surface area contributed by atoms with Gasteiger partial charge in [-0.1, -0.05) is 18.2 Å². The zero-order valence-corrected chi connectivity index (χ0v) is 14.4. The van der Waals surface area contributed by atoms with Gasteiger partial charge in [0.25, 0.3) is 11.8 Å². The van der Waals surface area contributed by atoms with Crippen LogP contribution in [0.5, 0.6) is 11.5 Å². The number of anilines is 1. The van der Waals surface area contributed by atoms with Crippen molar-refractivity contribution in [1.82, 2.24) is 5.32 Å². The lowest BCUT2D eigenvalue weighted by Gasteiger charge is -2.10. The number of rotatable bonds is 8. The zero-order chi connectivity index (χ0) is 18.1. The van der Waals surface area contributed by atoms with Crippen molar-refractivity contribution in [2.75, 3.05) is 25.1 Å². The summed E-state index contributed by atoms with van der Waals surface area (Å²) in [6.45, 7) is 4.23. The molecule has 6 nitrogen and oxygen atoms in total. The number of carbonyl (C=O) groups excluding carboxylic acids is 2. The van der Waals surface area contributed by atoms with E-state index < -0.39 is 0 Å². The molecule has 2 rings (SSSR count). The van der Waals surface area contributed by atoms with Crippen LogP contribution in [0.15, 0.2) is 48.5 Å². The molecule has 0 spiro atoms. The molecule has 2 aromatic rings. The van der Waals surface area contributed by atoms with E-state index in [-0.39, 0.29) is 25.0 Å². The van der Waals surface area contributed by atoms with Crippen LogP contribution in [-0.2, 0) is 9.59 Å². The molecule has 0 bridgehead atoms. The van der Waals surface area contributed by atoms with Crippen LogP contribution in [0.25, 0.3) is 0 Å². The average Bonchev–Trinajstić information content (AvgIpc) is 2.61. The molecular weight excluding hydrogens is 320 g/mol. The Labute approximate surface area is 147 Å². The smallest absolute Gasteiger partial charge is 0.262 e. The first kappa shape index (κ1) is 18.3. The van der Waals surface area contributed by atoms with Crippen molar-refractivity contribution in [3.05, 3.63) is 54.1 Å². The van der Waals surface area contributed by atoms with Gasteiger partial charge in [-0.3, -0.25) is 9.59 Å². The van der Waals surface area contributed by atoms with Gasteiger partial charge in [0.15, 0.2) is 13.2 Å². The van der Waals surface area contributed by atoms with Gasteiger partial charge in [-0.05, 0) is 49.7 Å². The summed E-state index contributed by atoms with van der Waals surface area (Å²) in [7, 11) is 0. The third-order valence-electron chi connectivity index (χ3n) is 3.33. The third-order valence-corrected chi connectivity index (χ3v) is 3.33. The molecule has 0 radical (unpaired) electrons. The Balaban J connectivity index is 1.79. The van der Waals surface area contributed by atoms with E-state index in [2.05, 4.69) is 10.6 Å². The zero-order valence-electron chi connectivity index (χ0n) is 14.4. The van der Waals surface area contributed by atoms with Crippen molar-refractivity contribution in [3.63, 3.8) is 0 Å². The number of hydrogen-bond donors (Lipinski definition) is 2. The minimum Gasteiger partial charge on any atom is -0.484 e. The van der Waals surface area contributed by atoms with Gasteiger partial charge in [0.1, 0.15) is 11.5 Å². The molecule has 2 aromatic carbocycles. The maximum atomic E-state index is 11.9. The Morgan fingerprint density at radius 2 is 1.60 bits per heavy atom. The molecule has 0 heterocycles. The Morgan fingerprint density at radius 1 is 0.920 bits per heavy atom. The maximum Gasteiger partial charge on any atom is 0.262 e. The molecule has 132 valence electrons. The highest BCUT2D eigenvalue weighted by atomic mass is 16.5. The second-order valence-corrected chi connectivity index (χ2v) is 5.37. The molecule has 0 fully saturated rings. The predicted octanol–water partition coefficient (Wildman–Crippen LogP) is 2.53. The summed E-state index contributed by atoms with van der Waals surface area (Å²) in [6, 6.07) is 14.3. The average molecular weight is 342 g/mol. The summed E-state index contributed by atoms with van der Waals surface area (Å²) in [4.78, 5) is 23.3. The standard InChI is InChI=1S/C19H22N2O4/c1-3-20-18(22)12-24-16-10-8-15(9-11-16)21-19(23)13-25-17-7-5-4-6-14(17)2/h4-11H,3,12-13H2,1-2H3,(H,20,22)(H,21,23). The maximum absolute atomic E-state index is 11.9. The lowest BCUT2D eigenvalue weighted by atomic mass is 10.2. The van der Waals surface area contributed by atoms with Gasteiger partial charge < -0.3 is 20.1 Å². The van der Waals surface area contributed by atoms with Crippen LogP contribution < -0.4 is 20.1 Å². The van der Waals surface area contributed by atoms with Crippen LogP contribution in [0.3, 0.4) is 0 Å². The minimum atomic E-state index is -0.251. The largest absolute Gasteiger partial charge is 0.484 e. The minimum absolute atomic E-state index is 0.0379. The van der Waals surface area contributed by atoms with Crippen LogP contribution in [0, 0.1) is 6.92 Å². The number of likely N-dealkylation sites (N-methyl/N-ethyl adjacent to an activating group) is 1. The van der Waals surface area contributed by atoms with Crippen molar-refractivity contribution in [2.24, 2.45) is 0 Å². The number of ether oxygens (including phenoxy) is 2. The molecule has 6 heteroatoms. The molecule has 0 aliphatic heterocycles. The quantitative estimate of drug-likeness (QED) is 0.773. The molecule has 25 heavy (non-hydrogen) atoms. The number of hydrogen-bond acceptors (Lipinski definition) is 4. The second kappa shape index (κ2) is 9.32. The predicted molar refractivity (Wildman–Crippen MR) is 95.9 cm³/mol. The van der Waals surface area contributed by atoms with E-state index in [1.54, 1.807) is 24.3 Å². The fraction of sp³-hybridized carbons (Fsp3) is 0.263. The molecule has 0 unspecified atom stereocenters. The summed E-state index contributed by atoms with van der Waals surface area (Å²) >= 11 is 0. The highest BCUT2D eigenvalue weighted by Gasteiger charge is 2.06. The van der Waals surface area contributed by atoms with Crippen LogP contribution in [-0.4, -0.2) is 31.6 Å². The number of carbonyl (C=O) groups is 2. The fourth-order valence-corrected chi connectivity index (χ4v) is 2.09. The Kier molecular flexibility index (Phi) is 6.83. The lowest BCUT2D eigenvalue weighted by Crippen LogP contribution is -2.28. The second-order valence-electron chi connectivity index (χ2n) is 5.37. The van der Waals surface area contributed by atoms with Crippen LogP contribution in [0.2, 0.25) is 0 Å². The highest BCUT2D eigenvalue weighted by molar-refractivity contribution is 5.91. The van der Waals surface area contributed by atoms with E-state index in [0.29, 0.717) is 23.7 Å². The summed E-state index contributed by atoms with van der Waals surface area (Å²) in [5.41, 5.74) is 1.60. The van der Waals surface area contributed by atoms with E-state index in [4.69, 9.17) is 9.47 Å². The normalized spacial score (nSPS) is 10.0. The van der Waals surface area contributed by atoms with Gasteiger partial charge in [-0.25, -0.2) is 0 Å². The summed E-state index contributed by atoms with van der Waals surface area (Å²) in [6.07, 6.45) is 0. The number of amides is 2. The van der Waals surface area contributed by atoms with E-state index >= 15 is 0 Å². The molecule has 0 saturated carbocycles. The van der Waals surface area contributed by atoms with Crippen LogP contribution in [0.1, 0.15) is 12.5 Å². The number of benzene rings is 2. The Hall–Kier alpha value is -3.02. The van der Waals surface area contributed by atoms with Crippen LogP contribution >= 0.6 is 0 Å². The van der Waals surface area contributed by atoms with E-state index in [0.717, 1.165) is 5.56 Å². The summed E-state index contributed by atoms with van der Waals surface area (Å²) in [5.74, 6) is 0.819. The SMILES string of the molecule is CCNC(=O)COc1ccc(NC(=O)COc2ccccc2C)cc1. The van der Waals surface area contributed by atoms with Crippen molar-refractivity contribution in [2.45, 2.75) is 13.8 Å². The number of aryl methyl sites for hydroxylation is 1. The van der Waals surface area contributed by atoms with Crippen molar-refractivity contribution in [1.29, 1.82) is 0 Å². The number of para-hydroxylation sites is 1. The lowest BCUT2D eigenvalue weighted by molar-refractivity contribution is -0.123.